The topological polar surface area (TPSA) is 35.6 Å². The van der Waals surface area contributed by atoms with Crippen molar-refractivity contribution in [3.8, 4) is 0 Å². The molecule has 0 aromatic heterocycles. The molecule has 1 heterocycles. The normalized spacial score (nSPS) is 18.6. The van der Waals surface area contributed by atoms with Gasteiger partial charge in [-0.15, -0.1) is 0 Å². The zero-order valence-electron chi connectivity index (χ0n) is 14.3. The van der Waals surface area contributed by atoms with Gasteiger partial charge in [-0.25, -0.2) is 4.39 Å². The Hall–Kier alpha value is -1.27. The van der Waals surface area contributed by atoms with Crippen molar-refractivity contribution in [3.05, 3.63) is 29.6 Å². The highest BCUT2D eigenvalue weighted by molar-refractivity contribution is 7.99. The third kappa shape index (κ3) is 4.61. The first-order valence-electron chi connectivity index (χ1n) is 7.98. The molecule has 1 aliphatic rings. The molecule has 1 aliphatic heterocycles. The fraction of sp³-hybridized carbons (Fsp3) is 0.588. The number of thioether (sulfide) groups is 1. The van der Waals surface area contributed by atoms with Gasteiger partial charge in [-0.05, 0) is 45.4 Å². The van der Waals surface area contributed by atoms with Gasteiger partial charge in [-0.1, -0.05) is 0 Å². The lowest BCUT2D eigenvalue weighted by atomic mass is 10.0. The largest absolute Gasteiger partial charge is 0.369 e. The highest BCUT2D eigenvalue weighted by Gasteiger charge is 2.22. The molecule has 2 rings (SSSR count). The SMILES string of the molecule is CSC(C)C(=O)NC(C)c1cc(F)ccc1N1CCN(C)CC1. The van der Waals surface area contributed by atoms with Gasteiger partial charge in [0, 0.05) is 37.4 Å². The van der Waals surface area contributed by atoms with Crippen molar-refractivity contribution in [1.29, 1.82) is 0 Å². The molecule has 1 fully saturated rings. The number of nitrogens with one attached hydrogen (secondary N) is 1. The van der Waals surface area contributed by atoms with Crippen LogP contribution in [0.25, 0.3) is 0 Å². The smallest absolute Gasteiger partial charge is 0.233 e. The van der Waals surface area contributed by atoms with Crippen molar-refractivity contribution in [2.45, 2.75) is 25.1 Å². The van der Waals surface area contributed by atoms with Crippen LogP contribution in [0.3, 0.4) is 0 Å². The van der Waals surface area contributed by atoms with Gasteiger partial charge in [0.05, 0.1) is 11.3 Å². The molecule has 0 bridgehead atoms. The maximum absolute atomic E-state index is 13.8. The quantitative estimate of drug-likeness (QED) is 0.894. The van der Waals surface area contributed by atoms with E-state index in [1.807, 2.05) is 26.2 Å². The number of benzene rings is 1. The third-order valence-electron chi connectivity index (χ3n) is 4.38. The minimum atomic E-state index is -0.267. The van der Waals surface area contributed by atoms with E-state index in [1.54, 1.807) is 6.07 Å². The molecule has 1 aromatic carbocycles. The van der Waals surface area contributed by atoms with Crippen LogP contribution in [-0.4, -0.2) is 55.5 Å². The predicted molar refractivity (Wildman–Crippen MR) is 95.6 cm³/mol. The molecule has 1 aromatic rings. The Morgan fingerprint density at radius 1 is 1.26 bits per heavy atom. The van der Waals surface area contributed by atoms with Crippen molar-refractivity contribution < 1.29 is 9.18 Å². The maximum Gasteiger partial charge on any atom is 0.233 e. The zero-order valence-corrected chi connectivity index (χ0v) is 15.1. The number of piperazine rings is 1. The first-order valence-corrected chi connectivity index (χ1v) is 9.27. The lowest BCUT2D eigenvalue weighted by molar-refractivity contribution is -0.120. The number of amides is 1. The van der Waals surface area contributed by atoms with Gasteiger partial charge < -0.3 is 15.1 Å². The minimum Gasteiger partial charge on any atom is -0.369 e. The minimum absolute atomic E-state index is 0.0152. The third-order valence-corrected chi connectivity index (χ3v) is 5.30. The van der Waals surface area contributed by atoms with E-state index in [4.69, 9.17) is 0 Å². The van der Waals surface area contributed by atoms with Crippen LogP contribution in [0.1, 0.15) is 25.5 Å². The van der Waals surface area contributed by atoms with Gasteiger partial charge in [0.1, 0.15) is 5.82 Å². The maximum atomic E-state index is 13.8. The number of carbonyl (C=O) groups is 1. The van der Waals surface area contributed by atoms with Gasteiger partial charge in [0.2, 0.25) is 5.91 Å². The van der Waals surface area contributed by atoms with Crippen molar-refractivity contribution >= 4 is 23.4 Å². The van der Waals surface area contributed by atoms with E-state index in [0.717, 1.165) is 37.4 Å². The second kappa shape index (κ2) is 8.02. The number of nitrogens with zero attached hydrogens (tertiary/aromatic N) is 2. The van der Waals surface area contributed by atoms with Gasteiger partial charge in [-0.2, -0.15) is 11.8 Å². The molecule has 0 saturated carbocycles. The van der Waals surface area contributed by atoms with Gasteiger partial charge in [-0.3, -0.25) is 4.79 Å². The second-order valence-electron chi connectivity index (χ2n) is 6.10. The van der Waals surface area contributed by atoms with Crippen LogP contribution in [0.5, 0.6) is 0 Å². The van der Waals surface area contributed by atoms with Crippen molar-refractivity contribution in [2.75, 3.05) is 44.4 Å². The van der Waals surface area contributed by atoms with Gasteiger partial charge in [0.15, 0.2) is 0 Å². The number of hydrogen-bond acceptors (Lipinski definition) is 4. The number of hydrogen-bond donors (Lipinski definition) is 1. The number of anilines is 1. The molecule has 2 unspecified atom stereocenters. The lowest BCUT2D eigenvalue weighted by Crippen LogP contribution is -2.45. The van der Waals surface area contributed by atoms with Crippen LogP contribution in [-0.2, 0) is 4.79 Å². The standard InChI is InChI=1S/C17H26FN3OS/c1-12(19-17(22)13(2)23-4)15-11-14(18)5-6-16(15)21-9-7-20(3)8-10-21/h5-6,11-13H,7-10H2,1-4H3,(H,19,22). The summed E-state index contributed by atoms with van der Waals surface area (Å²) in [4.78, 5) is 16.7. The van der Waals surface area contributed by atoms with E-state index >= 15 is 0 Å². The van der Waals surface area contributed by atoms with Crippen molar-refractivity contribution in [3.63, 3.8) is 0 Å². The molecule has 2 atom stereocenters. The molecular weight excluding hydrogens is 313 g/mol. The average Bonchev–Trinajstić information content (AvgIpc) is 2.54. The van der Waals surface area contributed by atoms with Crippen LogP contribution in [0, 0.1) is 5.82 Å². The Morgan fingerprint density at radius 2 is 1.91 bits per heavy atom. The first-order chi connectivity index (χ1) is 10.9. The molecule has 4 nitrogen and oxygen atoms in total. The number of carbonyl (C=O) groups excluding carboxylic acids is 1. The highest BCUT2D eigenvalue weighted by Crippen LogP contribution is 2.28. The molecule has 1 amide bonds. The molecule has 128 valence electrons. The molecular formula is C17H26FN3OS. The summed E-state index contributed by atoms with van der Waals surface area (Å²) in [6.07, 6.45) is 1.91. The van der Waals surface area contributed by atoms with E-state index in [0.29, 0.717) is 0 Å². The second-order valence-corrected chi connectivity index (χ2v) is 7.28. The van der Waals surface area contributed by atoms with Gasteiger partial charge >= 0.3 is 0 Å². The Morgan fingerprint density at radius 3 is 2.52 bits per heavy atom. The van der Waals surface area contributed by atoms with E-state index in [-0.39, 0.29) is 23.0 Å². The summed E-state index contributed by atoms with van der Waals surface area (Å²) in [5.74, 6) is -0.282. The van der Waals surface area contributed by atoms with E-state index in [9.17, 15) is 9.18 Å². The summed E-state index contributed by atoms with van der Waals surface area (Å²) >= 11 is 1.50. The lowest BCUT2D eigenvalue weighted by Gasteiger charge is -2.36. The summed E-state index contributed by atoms with van der Waals surface area (Å²) < 4.78 is 13.8. The Labute approximate surface area is 142 Å². The van der Waals surface area contributed by atoms with Crippen LogP contribution >= 0.6 is 11.8 Å². The van der Waals surface area contributed by atoms with Crippen LogP contribution in [0.15, 0.2) is 18.2 Å². The van der Waals surface area contributed by atoms with Crippen molar-refractivity contribution in [2.24, 2.45) is 0 Å². The molecule has 0 aliphatic carbocycles. The number of halogens is 1. The summed E-state index contributed by atoms with van der Waals surface area (Å²) in [5.41, 5.74) is 1.86. The summed E-state index contributed by atoms with van der Waals surface area (Å²) in [7, 11) is 2.11. The monoisotopic (exact) mass is 339 g/mol. The average molecular weight is 339 g/mol. The highest BCUT2D eigenvalue weighted by atomic mass is 32.2. The molecule has 1 N–H and O–H groups in total. The van der Waals surface area contributed by atoms with Crippen LogP contribution in [0.2, 0.25) is 0 Å². The Bertz CT molecular complexity index is 547. The number of rotatable bonds is 5. The zero-order chi connectivity index (χ0) is 17.0. The molecule has 23 heavy (non-hydrogen) atoms. The summed E-state index contributed by atoms with van der Waals surface area (Å²) in [6.45, 7) is 7.59. The number of likely N-dealkylation sites (N-methyl/N-ethyl adjacent to an activating group) is 1. The van der Waals surface area contributed by atoms with Crippen molar-refractivity contribution in [1.82, 2.24) is 10.2 Å². The van der Waals surface area contributed by atoms with Crippen LogP contribution in [0.4, 0.5) is 10.1 Å². The van der Waals surface area contributed by atoms with Gasteiger partial charge in [0.25, 0.3) is 0 Å². The van der Waals surface area contributed by atoms with E-state index < -0.39 is 0 Å². The van der Waals surface area contributed by atoms with Crippen LogP contribution < -0.4 is 10.2 Å². The molecule has 1 saturated heterocycles. The first kappa shape index (κ1) is 18.1. The summed E-state index contributed by atoms with van der Waals surface area (Å²) in [6, 6.07) is 4.65. The van der Waals surface area contributed by atoms with E-state index in [2.05, 4.69) is 22.2 Å². The fourth-order valence-electron chi connectivity index (χ4n) is 2.72. The Balaban J connectivity index is 2.19. The molecule has 0 radical (unpaired) electrons. The fourth-order valence-corrected chi connectivity index (χ4v) is 3.01. The Kier molecular flexibility index (Phi) is 6.30. The summed E-state index contributed by atoms with van der Waals surface area (Å²) in [5, 5.41) is 2.89. The molecule has 0 spiro atoms. The molecule has 6 heteroatoms. The predicted octanol–water partition coefficient (Wildman–Crippen LogP) is 2.51. The van der Waals surface area contributed by atoms with E-state index in [1.165, 1.54) is 17.8 Å².